The number of ether oxygens (including phenoxy) is 2. The Bertz CT molecular complexity index is 219. The lowest BCUT2D eigenvalue weighted by atomic mass is 9.87. The van der Waals surface area contributed by atoms with Gasteiger partial charge in [0.05, 0.1) is 19.3 Å². The molecule has 0 heterocycles. The Balaban J connectivity index is 2.20. The van der Waals surface area contributed by atoms with Crippen molar-refractivity contribution in [3.63, 3.8) is 0 Å². The lowest BCUT2D eigenvalue weighted by Crippen LogP contribution is -2.45. The van der Waals surface area contributed by atoms with Crippen molar-refractivity contribution in [1.82, 2.24) is 5.32 Å². The van der Waals surface area contributed by atoms with Crippen LogP contribution in [0.3, 0.4) is 0 Å². The van der Waals surface area contributed by atoms with E-state index in [-0.39, 0.29) is 0 Å². The number of hydrogen-bond acceptors (Lipinski definition) is 3. The third-order valence-electron chi connectivity index (χ3n) is 3.91. The van der Waals surface area contributed by atoms with Crippen LogP contribution in [0.2, 0.25) is 0 Å². The smallest absolute Gasteiger partial charge is 0.0734 e. The number of rotatable bonds is 9. The second-order valence-corrected chi connectivity index (χ2v) is 5.94. The second kappa shape index (κ2) is 8.13. The molecule has 0 aromatic rings. The highest BCUT2D eigenvalue weighted by Crippen LogP contribution is 2.38. The highest BCUT2D eigenvalue weighted by atomic mass is 16.5. The minimum absolute atomic E-state index is 0.351. The lowest BCUT2D eigenvalue weighted by Gasteiger charge is -2.31. The Hall–Kier alpha value is -0.120. The molecule has 0 bridgehead atoms. The summed E-state index contributed by atoms with van der Waals surface area (Å²) in [5.74, 6) is 0. The molecule has 0 radical (unpaired) electrons. The van der Waals surface area contributed by atoms with E-state index in [1.54, 1.807) is 0 Å². The Labute approximate surface area is 113 Å². The quantitative estimate of drug-likeness (QED) is 0.644. The molecule has 0 saturated heterocycles. The van der Waals surface area contributed by atoms with Crippen LogP contribution in [0, 0.1) is 5.41 Å². The summed E-state index contributed by atoms with van der Waals surface area (Å²) in [7, 11) is 0. The molecule has 1 aliphatic rings. The number of nitrogens with one attached hydrogen (secondary N) is 1. The second-order valence-electron chi connectivity index (χ2n) is 5.94. The predicted molar refractivity (Wildman–Crippen MR) is 75.9 cm³/mol. The summed E-state index contributed by atoms with van der Waals surface area (Å²) >= 11 is 0. The summed E-state index contributed by atoms with van der Waals surface area (Å²) in [5, 5.41) is 3.58. The fraction of sp³-hybridized carbons (Fsp3) is 1.00. The van der Waals surface area contributed by atoms with E-state index in [0.717, 1.165) is 32.8 Å². The Morgan fingerprint density at radius 1 is 1.17 bits per heavy atom. The molecule has 1 N–H and O–H groups in total. The van der Waals surface area contributed by atoms with Gasteiger partial charge in [-0.25, -0.2) is 0 Å². The zero-order valence-corrected chi connectivity index (χ0v) is 12.6. The Morgan fingerprint density at radius 3 is 2.61 bits per heavy atom. The van der Waals surface area contributed by atoms with Crippen molar-refractivity contribution in [3.8, 4) is 0 Å². The zero-order valence-electron chi connectivity index (χ0n) is 12.6. The average molecular weight is 257 g/mol. The normalized spacial score (nSPS) is 26.7. The molecule has 3 nitrogen and oxygen atoms in total. The van der Waals surface area contributed by atoms with Gasteiger partial charge < -0.3 is 14.8 Å². The first kappa shape index (κ1) is 15.9. The number of unbranched alkanes of at least 4 members (excludes halogenated alkanes) is 1. The molecule has 0 amide bonds. The first-order valence-electron chi connectivity index (χ1n) is 7.54. The van der Waals surface area contributed by atoms with Crippen LogP contribution in [-0.2, 0) is 9.47 Å². The topological polar surface area (TPSA) is 30.5 Å². The van der Waals surface area contributed by atoms with Gasteiger partial charge in [0.15, 0.2) is 0 Å². The van der Waals surface area contributed by atoms with Crippen molar-refractivity contribution >= 4 is 0 Å². The zero-order chi connectivity index (χ0) is 13.4. The van der Waals surface area contributed by atoms with Gasteiger partial charge in [-0.3, -0.25) is 0 Å². The minimum Gasteiger partial charge on any atom is -0.379 e. The molecule has 1 rings (SSSR count). The van der Waals surface area contributed by atoms with E-state index in [9.17, 15) is 0 Å². The fourth-order valence-corrected chi connectivity index (χ4v) is 2.75. The summed E-state index contributed by atoms with van der Waals surface area (Å²) in [6.07, 6.45) is 5.11. The van der Waals surface area contributed by atoms with Gasteiger partial charge in [0, 0.05) is 12.6 Å². The molecule has 0 spiro atoms. The summed E-state index contributed by atoms with van der Waals surface area (Å²) in [6, 6.07) is 0.484. The maximum Gasteiger partial charge on any atom is 0.0734 e. The predicted octanol–water partition coefficient (Wildman–Crippen LogP) is 2.99. The first-order valence-corrected chi connectivity index (χ1v) is 7.54. The minimum atomic E-state index is 0.351. The molecule has 3 heteroatoms. The largest absolute Gasteiger partial charge is 0.379 e. The van der Waals surface area contributed by atoms with Crippen molar-refractivity contribution in [2.45, 2.75) is 65.5 Å². The molecular weight excluding hydrogens is 226 g/mol. The molecule has 108 valence electrons. The molecular formula is C15H31NO2. The van der Waals surface area contributed by atoms with Crippen LogP contribution < -0.4 is 5.32 Å². The van der Waals surface area contributed by atoms with Gasteiger partial charge in [0.2, 0.25) is 0 Å². The molecule has 2 unspecified atom stereocenters. The fourth-order valence-electron chi connectivity index (χ4n) is 2.75. The van der Waals surface area contributed by atoms with Crippen molar-refractivity contribution in [3.05, 3.63) is 0 Å². The van der Waals surface area contributed by atoms with E-state index >= 15 is 0 Å². The molecule has 0 aromatic carbocycles. The van der Waals surface area contributed by atoms with Gasteiger partial charge in [0.1, 0.15) is 0 Å². The van der Waals surface area contributed by atoms with E-state index in [1.165, 1.54) is 19.3 Å². The molecule has 2 atom stereocenters. The highest BCUT2D eigenvalue weighted by molar-refractivity contribution is 4.97. The van der Waals surface area contributed by atoms with Gasteiger partial charge >= 0.3 is 0 Å². The van der Waals surface area contributed by atoms with E-state index in [4.69, 9.17) is 9.47 Å². The van der Waals surface area contributed by atoms with Crippen LogP contribution in [-0.4, -0.2) is 38.5 Å². The monoisotopic (exact) mass is 257 g/mol. The van der Waals surface area contributed by atoms with Crippen LogP contribution in [0.4, 0.5) is 0 Å². The van der Waals surface area contributed by atoms with Crippen LogP contribution in [0.1, 0.15) is 53.4 Å². The van der Waals surface area contributed by atoms with Crippen molar-refractivity contribution in [1.29, 1.82) is 0 Å². The highest BCUT2D eigenvalue weighted by Gasteiger charge is 2.41. The first-order chi connectivity index (χ1) is 8.61. The molecule has 1 fully saturated rings. The third-order valence-corrected chi connectivity index (χ3v) is 3.91. The Kier molecular flexibility index (Phi) is 7.20. The number of hydrogen-bond donors (Lipinski definition) is 1. The van der Waals surface area contributed by atoms with E-state index in [2.05, 4.69) is 33.0 Å². The maximum atomic E-state index is 6.00. The lowest BCUT2D eigenvalue weighted by molar-refractivity contribution is -0.0105. The van der Waals surface area contributed by atoms with Gasteiger partial charge in [-0.1, -0.05) is 34.1 Å². The number of likely N-dealkylation sites (N-methyl/N-ethyl adjacent to an activating group) is 1. The standard InChI is InChI=1S/C15H31NO2/c1-5-7-10-17-11-12-18-13-8-9-15(3,4)14(13)16-6-2/h13-14,16H,5-12H2,1-4H3. The molecule has 1 aliphatic carbocycles. The van der Waals surface area contributed by atoms with Crippen molar-refractivity contribution < 1.29 is 9.47 Å². The molecule has 18 heavy (non-hydrogen) atoms. The average Bonchev–Trinajstić information content (AvgIpc) is 2.61. The van der Waals surface area contributed by atoms with Gasteiger partial charge in [-0.2, -0.15) is 0 Å². The van der Waals surface area contributed by atoms with Crippen LogP contribution >= 0.6 is 0 Å². The summed E-state index contributed by atoms with van der Waals surface area (Å²) < 4.78 is 11.5. The maximum absolute atomic E-state index is 6.00. The van der Waals surface area contributed by atoms with Gasteiger partial charge in [-0.05, 0) is 31.2 Å². The van der Waals surface area contributed by atoms with Crippen LogP contribution in [0.5, 0.6) is 0 Å². The van der Waals surface area contributed by atoms with Crippen LogP contribution in [0.25, 0.3) is 0 Å². The summed E-state index contributed by atoms with van der Waals surface area (Å²) in [4.78, 5) is 0. The molecule has 0 aromatic heterocycles. The van der Waals surface area contributed by atoms with E-state index < -0.39 is 0 Å². The molecule has 0 aliphatic heterocycles. The van der Waals surface area contributed by atoms with Crippen LogP contribution in [0.15, 0.2) is 0 Å². The SMILES string of the molecule is CCCCOCCOC1CCC(C)(C)C1NCC. The third kappa shape index (κ3) is 4.87. The molecule has 1 saturated carbocycles. The summed E-state index contributed by atoms with van der Waals surface area (Å²) in [5.41, 5.74) is 0.351. The Morgan fingerprint density at radius 2 is 1.94 bits per heavy atom. The summed E-state index contributed by atoms with van der Waals surface area (Å²) in [6.45, 7) is 12.4. The van der Waals surface area contributed by atoms with Gasteiger partial charge in [-0.15, -0.1) is 0 Å². The van der Waals surface area contributed by atoms with E-state index in [0.29, 0.717) is 17.6 Å². The van der Waals surface area contributed by atoms with E-state index in [1.807, 2.05) is 0 Å². The van der Waals surface area contributed by atoms with Crippen molar-refractivity contribution in [2.24, 2.45) is 5.41 Å². The van der Waals surface area contributed by atoms with Crippen molar-refractivity contribution in [2.75, 3.05) is 26.4 Å². The van der Waals surface area contributed by atoms with Gasteiger partial charge in [0.25, 0.3) is 0 Å².